The summed E-state index contributed by atoms with van der Waals surface area (Å²) in [6.07, 6.45) is 0. The number of benzene rings is 1. The monoisotopic (exact) mass is 254 g/mol. The summed E-state index contributed by atoms with van der Waals surface area (Å²) in [7, 11) is 0. The highest BCUT2D eigenvalue weighted by Gasteiger charge is 2.16. The van der Waals surface area contributed by atoms with E-state index in [1.807, 2.05) is 6.07 Å². The fraction of sp³-hybridized carbons (Fsp3) is 0.111. The molecular formula is C9H7BrN2O2. The lowest BCUT2D eigenvalue weighted by atomic mass is 10.0. The van der Waals surface area contributed by atoms with Crippen LogP contribution in [0.4, 0.5) is 0 Å². The lowest BCUT2D eigenvalue weighted by molar-refractivity contribution is 0.0695. The van der Waals surface area contributed by atoms with Gasteiger partial charge in [-0.15, -0.1) is 0 Å². The lowest BCUT2D eigenvalue weighted by Crippen LogP contribution is -2.10. The molecule has 0 saturated heterocycles. The second-order valence-corrected chi connectivity index (χ2v) is 3.42. The SMILES string of the molecule is N#Cc1ccc(Br)c(CN)c1C(=O)O. The molecule has 72 valence electrons. The Morgan fingerprint density at radius 2 is 2.29 bits per heavy atom. The van der Waals surface area contributed by atoms with Crippen molar-refractivity contribution in [3.63, 3.8) is 0 Å². The van der Waals surface area contributed by atoms with Gasteiger partial charge in [-0.2, -0.15) is 5.26 Å². The molecule has 0 spiro atoms. The van der Waals surface area contributed by atoms with Crippen LogP contribution >= 0.6 is 15.9 Å². The maximum atomic E-state index is 10.9. The molecule has 0 fully saturated rings. The standard InChI is InChI=1S/C9H7BrN2O2/c10-7-2-1-5(3-11)8(9(13)14)6(7)4-12/h1-2H,4,12H2,(H,13,14). The molecular weight excluding hydrogens is 248 g/mol. The van der Waals surface area contributed by atoms with Gasteiger partial charge in [0.25, 0.3) is 0 Å². The number of nitrogens with zero attached hydrogens (tertiary/aromatic N) is 1. The molecule has 0 aromatic heterocycles. The minimum Gasteiger partial charge on any atom is -0.478 e. The van der Waals surface area contributed by atoms with Crippen molar-refractivity contribution in [3.05, 3.63) is 33.3 Å². The third-order valence-electron chi connectivity index (χ3n) is 1.79. The molecule has 4 nitrogen and oxygen atoms in total. The van der Waals surface area contributed by atoms with E-state index in [9.17, 15) is 4.79 Å². The molecule has 5 heteroatoms. The molecule has 14 heavy (non-hydrogen) atoms. The molecule has 1 aromatic rings. The van der Waals surface area contributed by atoms with Gasteiger partial charge in [0.05, 0.1) is 11.1 Å². The first-order chi connectivity index (χ1) is 6.61. The van der Waals surface area contributed by atoms with Gasteiger partial charge >= 0.3 is 5.97 Å². The number of hydrogen-bond acceptors (Lipinski definition) is 3. The molecule has 0 atom stereocenters. The molecule has 0 radical (unpaired) electrons. The van der Waals surface area contributed by atoms with Gasteiger partial charge in [-0.25, -0.2) is 4.79 Å². The summed E-state index contributed by atoms with van der Waals surface area (Å²) in [6.45, 7) is 0.0811. The molecule has 0 aliphatic heterocycles. The Morgan fingerprint density at radius 1 is 1.64 bits per heavy atom. The Balaban J connectivity index is 3.54. The predicted octanol–water partition coefficient (Wildman–Crippen LogP) is 1.48. The van der Waals surface area contributed by atoms with Crippen molar-refractivity contribution < 1.29 is 9.90 Å². The van der Waals surface area contributed by atoms with E-state index in [0.717, 1.165) is 0 Å². The predicted molar refractivity (Wildman–Crippen MR) is 53.7 cm³/mol. The van der Waals surface area contributed by atoms with Crippen molar-refractivity contribution >= 4 is 21.9 Å². The van der Waals surface area contributed by atoms with Gasteiger partial charge in [0, 0.05) is 11.0 Å². The minimum atomic E-state index is -1.14. The summed E-state index contributed by atoms with van der Waals surface area (Å²) in [5, 5.41) is 17.6. The number of hydrogen-bond donors (Lipinski definition) is 2. The van der Waals surface area contributed by atoms with E-state index < -0.39 is 5.97 Å². The van der Waals surface area contributed by atoms with Crippen molar-refractivity contribution in [2.24, 2.45) is 5.73 Å². The average molecular weight is 255 g/mol. The van der Waals surface area contributed by atoms with Gasteiger partial charge in [-0.05, 0) is 17.7 Å². The highest BCUT2D eigenvalue weighted by Crippen LogP contribution is 2.23. The molecule has 0 saturated carbocycles. The first kappa shape index (κ1) is 10.7. The molecule has 0 unspecified atom stereocenters. The zero-order valence-corrected chi connectivity index (χ0v) is 8.71. The number of nitriles is 1. The van der Waals surface area contributed by atoms with Crippen LogP contribution in [0, 0.1) is 11.3 Å². The first-order valence-corrected chi connectivity index (χ1v) is 4.56. The summed E-state index contributed by atoms with van der Waals surface area (Å²) in [5.74, 6) is -1.14. The number of nitrogens with two attached hydrogens (primary N) is 1. The smallest absolute Gasteiger partial charge is 0.337 e. The van der Waals surface area contributed by atoms with E-state index in [0.29, 0.717) is 10.0 Å². The molecule has 0 amide bonds. The number of halogens is 1. The Bertz CT molecular complexity index is 424. The van der Waals surface area contributed by atoms with E-state index in [1.54, 1.807) is 6.07 Å². The van der Waals surface area contributed by atoms with Crippen molar-refractivity contribution in [3.8, 4) is 6.07 Å². The molecule has 0 aliphatic carbocycles. The Morgan fingerprint density at radius 3 is 2.71 bits per heavy atom. The van der Waals surface area contributed by atoms with Gasteiger partial charge in [0.1, 0.15) is 6.07 Å². The van der Waals surface area contributed by atoms with Gasteiger partial charge < -0.3 is 10.8 Å². The van der Waals surface area contributed by atoms with Gasteiger partial charge in [-0.3, -0.25) is 0 Å². The van der Waals surface area contributed by atoms with Crippen LogP contribution < -0.4 is 5.73 Å². The molecule has 1 aromatic carbocycles. The van der Waals surface area contributed by atoms with E-state index in [4.69, 9.17) is 16.1 Å². The topological polar surface area (TPSA) is 87.1 Å². The number of aromatic carboxylic acids is 1. The Hall–Kier alpha value is -1.38. The number of carboxylic acids is 1. The van der Waals surface area contributed by atoms with Crippen LogP contribution in [0.5, 0.6) is 0 Å². The molecule has 3 N–H and O–H groups in total. The fourth-order valence-corrected chi connectivity index (χ4v) is 1.65. The largest absolute Gasteiger partial charge is 0.478 e. The first-order valence-electron chi connectivity index (χ1n) is 3.76. The number of carbonyl (C=O) groups is 1. The van der Waals surface area contributed by atoms with Gasteiger partial charge in [0.15, 0.2) is 0 Å². The van der Waals surface area contributed by atoms with Crippen molar-refractivity contribution in [1.82, 2.24) is 0 Å². The van der Waals surface area contributed by atoms with E-state index in [2.05, 4.69) is 15.9 Å². The number of rotatable bonds is 2. The van der Waals surface area contributed by atoms with Crippen LogP contribution in [0.15, 0.2) is 16.6 Å². The highest BCUT2D eigenvalue weighted by molar-refractivity contribution is 9.10. The van der Waals surface area contributed by atoms with E-state index in [-0.39, 0.29) is 17.7 Å². The van der Waals surface area contributed by atoms with E-state index >= 15 is 0 Å². The summed E-state index contributed by atoms with van der Waals surface area (Å²) >= 11 is 3.19. The molecule has 0 aliphatic rings. The van der Waals surface area contributed by atoms with Crippen LogP contribution in [-0.2, 0) is 6.54 Å². The molecule has 1 rings (SSSR count). The van der Waals surface area contributed by atoms with Crippen molar-refractivity contribution in [1.29, 1.82) is 5.26 Å². The third kappa shape index (κ3) is 1.76. The van der Waals surface area contributed by atoms with Gasteiger partial charge in [0.2, 0.25) is 0 Å². The highest BCUT2D eigenvalue weighted by atomic mass is 79.9. The zero-order valence-electron chi connectivity index (χ0n) is 7.12. The van der Waals surface area contributed by atoms with Crippen LogP contribution in [0.2, 0.25) is 0 Å². The summed E-state index contributed by atoms with van der Waals surface area (Å²) in [5.41, 5.74) is 5.95. The van der Waals surface area contributed by atoms with Crippen molar-refractivity contribution in [2.75, 3.05) is 0 Å². The zero-order chi connectivity index (χ0) is 10.7. The second-order valence-electron chi connectivity index (χ2n) is 2.57. The fourth-order valence-electron chi connectivity index (χ4n) is 1.16. The minimum absolute atomic E-state index is 0.0237. The second kappa shape index (κ2) is 4.22. The summed E-state index contributed by atoms with van der Waals surface area (Å²) in [4.78, 5) is 10.9. The normalized spacial score (nSPS) is 9.50. The molecule has 0 heterocycles. The maximum absolute atomic E-state index is 10.9. The van der Waals surface area contributed by atoms with Crippen LogP contribution in [0.3, 0.4) is 0 Å². The average Bonchev–Trinajstić information content (AvgIpc) is 2.17. The van der Waals surface area contributed by atoms with Crippen molar-refractivity contribution in [2.45, 2.75) is 6.54 Å². The molecule has 0 bridgehead atoms. The van der Waals surface area contributed by atoms with Gasteiger partial charge in [-0.1, -0.05) is 15.9 Å². The Kier molecular flexibility index (Phi) is 3.23. The van der Waals surface area contributed by atoms with Crippen LogP contribution in [0.25, 0.3) is 0 Å². The lowest BCUT2D eigenvalue weighted by Gasteiger charge is -2.07. The third-order valence-corrected chi connectivity index (χ3v) is 2.54. The number of carboxylic acid groups (broad SMARTS) is 1. The van der Waals surface area contributed by atoms with Crippen LogP contribution in [-0.4, -0.2) is 11.1 Å². The Labute approximate surface area is 89.1 Å². The maximum Gasteiger partial charge on any atom is 0.337 e. The quantitative estimate of drug-likeness (QED) is 0.837. The van der Waals surface area contributed by atoms with E-state index in [1.165, 1.54) is 6.07 Å². The van der Waals surface area contributed by atoms with Crippen LogP contribution in [0.1, 0.15) is 21.5 Å². The summed E-state index contributed by atoms with van der Waals surface area (Å²) in [6, 6.07) is 4.89. The summed E-state index contributed by atoms with van der Waals surface area (Å²) < 4.78 is 0.608.